The summed E-state index contributed by atoms with van der Waals surface area (Å²) in [6.45, 7) is 10.6. The van der Waals surface area contributed by atoms with Crippen molar-refractivity contribution in [2.75, 3.05) is 26.2 Å². The van der Waals surface area contributed by atoms with Crippen molar-refractivity contribution in [2.45, 2.75) is 20.3 Å². The zero-order valence-electron chi connectivity index (χ0n) is 16.4. The van der Waals surface area contributed by atoms with Crippen LogP contribution in [-0.4, -0.2) is 58.1 Å². The molecule has 28 heavy (non-hydrogen) atoms. The van der Waals surface area contributed by atoms with Gasteiger partial charge in [0.05, 0.1) is 17.2 Å². The smallest absolute Gasteiger partial charge is 0.219 e. The van der Waals surface area contributed by atoms with Crippen molar-refractivity contribution in [2.24, 2.45) is 16.5 Å². The number of hydrogen-bond donors (Lipinski definition) is 3. The number of aromatic nitrogens is 2. The number of H-pyrrole nitrogens is 1. The molecule has 5 N–H and O–H groups in total. The molecule has 1 saturated heterocycles. The first-order valence-electron chi connectivity index (χ1n) is 9.30. The third-order valence-corrected chi connectivity index (χ3v) is 4.87. The Morgan fingerprint density at radius 2 is 1.96 bits per heavy atom. The maximum atomic E-state index is 11.5. The summed E-state index contributed by atoms with van der Waals surface area (Å²) in [7, 11) is 0. The standard InChI is InChI=1S/C20H27N7O/c1-13-5-6-16-17(11-13)25-20(24-16)18(21)19(22)23-12-14(2)26-7-4-8-27(10-9-26)15(3)28/h5-6,11-12H,2,4,7-10,21-22H2,1,3H3,(H,24,25)/b19-18-,23-12-. The van der Waals surface area contributed by atoms with E-state index in [1.54, 1.807) is 13.1 Å². The van der Waals surface area contributed by atoms with Crippen LogP contribution >= 0.6 is 0 Å². The molecule has 2 heterocycles. The van der Waals surface area contributed by atoms with Gasteiger partial charge in [-0.15, -0.1) is 0 Å². The van der Waals surface area contributed by atoms with E-state index in [1.807, 2.05) is 30.0 Å². The number of carbonyl (C=O) groups excluding carboxylic acids is 1. The molecule has 8 nitrogen and oxygen atoms in total. The Morgan fingerprint density at radius 1 is 1.25 bits per heavy atom. The average molecular weight is 381 g/mol. The Bertz CT molecular complexity index is 957. The van der Waals surface area contributed by atoms with Gasteiger partial charge in [-0.1, -0.05) is 12.6 Å². The summed E-state index contributed by atoms with van der Waals surface area (Å²) in [5.41, 5.74) is 16.1. The second kappa shape index (κ2) is 8.16. The van der Waals surface area contributed by atoms with Crippen LogP contribution < -0.4 is 11.5 Å². The molecule has 1 aliphatic rings. The summed E-state index contributed by atoms with van der Waals surface area (Å²) in [6, 6.07) is 5.93. The number of nitrogens with zero attached hydrogens (tertiary/aromatic N) is 4. The van der Waals surface area contributed by atoms with Gasteiger partial charge in [0.1, 0.15) is 5.70 Å². The zero-order valence-corrected chi connectivity index (χ0v) is 16.4. The lowest BCUT2D eigenvalue weighted by Gasteiger charge is -2.23. The molecule has 0 aliphatic carbocycles. The van der Waals surface area contributed by atoms with E-state index in [9.17, 15) is 4.79 Å². The summed E-state index contributed by atoms with van der Waals surface area (Å²) in [6.07, 6.45) is 2.50. The molecule has 8 heteroatoms. The molecule has 0 bridgehead atoms. The van der Waals surface area contributed by atoms with E-state index in [0.717, 1.165) is 41.8 Å². The summed E-state index contributed by atoms with van der Waals surface area (Å²) < 4.78 is 0. The predicted octanol–water partition coefficient (Wildman–Crippen LogP) is 1.55. The lowest BCUT2D eigenvalue weighted by molar-refractivity contribution is -0.128. The fourth-order valence-corrected chi connectivity index (χ4v) is 3.19. The van der Waals surface area contributed by atoms with E-state index < -0.39 is 0 Å². The summed E-state index contributed by atoms with van der Waals surface area (Å²) in [5, 5.41) is 0. The molecule has 0 spiro atoms. The number of nitrogens with one attached hydrogen (secondary N) is 1. The number of aliphatic imine (C=N–C) groups is 1. The second-order valence-electron chi connectivity index (χ2n) is 7.00. The summed E-state index contributed by atoms with van der Waals surface area (Å²) in [5.74, 6) is 0.770. The molecule has 1 amide bonds. The maximum Gasteiger partial charge on any atom is 0.219 e. The van der Waals surface area contributed by atoms with Crippen molar-refractivity contribution in [1.29, 1.82) is 0 Å². The monoisotopic (exact) mass is 381 g/mol. The highest BCUT2D eigenvalue weighted by Crippen LogP contribution is 2.17. The Balaban J connectivity index is 1.70. The molecule has 3 rings (SSSR count). The van der Waals surface area contributed by atoms with Gasteiger partial charge in [-0.05, 0) is 31.0 Å². The third kappa shape index (κ3) is 4.33. The molecular weight excluding hydrogens is 354 g/mol. The molecule has 148 valence electrons. The van der Waals surface area contributed by atoms with Crippen molar-refractivity contribution >= 4 is 28.9 Å². The lowest BCUT2D eigenvalue weighted by Crippen LogP contribution is -2.33. The maximum absolute atomic E-state index is 11.5. The lowest BCUT2D eigenvalue weighted by atomic mass is 10.2. The number of imidazole rings is 1. The minimum Gasteiger partial charge on any atom is -0.393 e. The molecule has 1 aliphatic heterocycles. The average Bonchev–Trinajstić information content (AvgIpc) is 2.91. The number of rotatable bonds is 4. The SMILES string of the molecule is C=C(/C=N\C(N)=C(/N)c1nc2ccc(C)cc2[nH]1)N1CCCN(C(C)=O)CC1. The molecule has 0 atom stereocenters. The molecule has 2 aromatic rings. The first-order valence-corrected chi connectivity index (χ1v) is 9.30. The van der Waals surface area contributed by atoms with Crippen molar-refractivity contribution in [3.05, 3.63) is 47.7 Å². The fourth-order valence-electron chi connectivity index (χ4n) is 3.19. The molecule has 1 aromatic heterocycles. The summed E-state index contributed by atoms with van der Waals surface area (Å²) in [4.78, 5) is 27.4. The number of fused-ring (bicyclic) bond motifs is 1. The molecule has 0 unspecified atom stereocenters. The minimum atomic E-state index is 0.0992. The number of carbonyl (C=O) groups is 1. The number of aryl methyl sites for hydroxylation is 1. The van der Waals surface area contributed by atoms with Crippen LogP contribution in [0.25, 0.3) is 16.7 Å². The van der Waals surface area contributed by atoms with Crippen LogP contribution in [0.1, 0.15) is 24.7 Å². The highest BCUT2D eigenvalue weighted by atomic mass is 16.2. The first-order chi connectivity index (χ1) is 13.3. The quantitative estimate of drug-likeness (QED) is 0.695. The van der Waals surface area contributed by atoms with Gasteiger partial charge in [-0.3, -0.25) is 4.79 Å². The number of hydrogen-bond acceptors (Lipinski definition) is 6. The number of amides is 1. The minimum absolute atomic E-state index is 0.0992. The number of allylic oxidation sites excluding steroid dienone is 1. The van der Waals surface area contributed by atoms with Crippen molar-refractivity contribution < 1.29 is 4.79 Å². The van der Waals surface area contributed by atoms with Gasteiger partial charge in [0.25, 0.3) is 0 Å². The highest BCUT2D eigenvalue weighted by Gasteiger charge is 2.16. The van der Waals surface area contributed by atoms with Crippen LogP contribution in [0, 0.1) is 6.92 Å². The Morgan fingerprint density at radius 3 is 2.71 bits per heavy atom. The van der Waals surface area contributed by atoms with Crippen molar-refractivity contribution in [1.82, 2.24) is 19.8 Å². The van der Waals surface area contributed by atoms with E-state index in [0.29, 0.717) is 18.9 Å². The Labute approximate surface area is 164 Å². The third-order valence-electron chi connectivity index (χ3n) is 4.87. The van der Waals surface area contributed by atoms with Crippen LogP contribution in [0.2, 0.25) is 0 Å². The van der Waals surface area contributed by atoms with Gasteiger partial charge in [-0.25, -0.2) is 9.98 Å². The topological polar surface area (TPSA) is 117 Å². The van der Waals surface area contributed by atoms with E-state index in [-0.39, 0.29) is 17.4 Å². The molecule has 0 saturated carbocycles. The van der Waals surface area contributed by atoms with Crippen LogP contribution in [0.4, 0.5) is 0 Å². The van der Waals surface area contributed by atoms with E-state index in [2.05, 4.69) is 26.4 Å². The first kappa shape index (κ1) is 19.5. The van der Waals surface area contributed by atoms with E-state index >= 15 is 0 Å². The second-order valence-corrected chi connectivity index (χ2v) is 7.00. The van der Waals surface area contributed by atoms with Gasteiger partial charge >= 0.3 is 0 Å². The summed E-state index contributed by atoms with van der Waals surface area (Å²) >= 11 is 0. The van der Waals surface area contributed by atoms with E-state index in [4.69, 9.17) is 11.5 Å². The molecular formula is C20H27N7O. The Hall–Kier alpha value is -3.29. The van der Waals surface area contributed by atoms with Gasteiger partial charge < -0.3 is 26.3 Å². The normalized spacial score (nSPS) is 16.4. The highest BCUT2D eigenvalue weighted by molar-refractivity contribution is 5.81. The zero-order chi connectivity index (χ0) is 20.3. The number of aromatic amines is 1. The number of nitrogens with two attached hydrogens (primary N) is 2. The molecule has 1 aromatic carbocycles. The van der Waals surface area contributed by atoms with Gasteiger partial charge in [0.15, 0.2) is 11.6 Å². The van der Waals surface area contributed by atoms with Gasteiger partial charge in [0, 0.05) is 38.8 Å². The van der Waals surface area contributed by atoms with Crippen LogP contribution in [-0.2, 0) is 4.79 Å². The van der Waals surface area contributed by atoms with Crippen LogP contribution in [0.15, 0.2) is 41.3 Å². The molecule has 0 radical (unpaired) electrons. The van der Waals surface area contributed by atoms with Crippen molar-refractivity contribution in [3.63, 3.8) is 0 Å². The van der Waals surface area contributed by atoms with Gasteiger partial charge in [-0.2, -0.15) is 0 Å². The predicted molar refractivity (Wildman–Crippen MR) is 112 cm³/mol. The Kier molecular flexibility index (Phi) is 5.67. The molecule has 1 fully saturated rings. The van der Waals surface area contributed by atoms with Crippen molar-refractivity contribution in [3.8, 4) is 0 Å². The number of benzene rings is 1. The fraction of sp³-hybridized carbons (Fsp3) is 0.350. The largest absolute Gasteiger partial charge is 0.393 e. The van der Waals surface area contributed by atoms with Crippen LogP contribution in [0.3, 0.4) is 0 Å². The van der Waals surface area contributed by atoms with Crippen LogP contribution in [0.5, 0.6) is 0 Å². The van der Waals surface area contributed by atoms with Gasteiger partial charge in [0.2, 0.25) is 5.91 Å². The van der Waals surface area contributed by atoms with E-state index in [1.165, 1.54) is 0 Å².